The summed E-state index contributed by atoms with van der Waals surface area (Å²) in [5.41, 5.74) is 0.242. The molecule has 0 unspecified atom stereocenters. The Balaban J connectivity index is 2.74. The van der Waals surface area contributed by atoms with Crippen molar-refractivity contribution < 1.29 is 13.2 Å². The zero-order valence-electron chi connectivity index (χ0n) is 7.90. The van der Waals surface area contributed by atoms with Gasteiger partial charge in [-0.3, -0.25) is 4.79 Å². The fourth-order valence-corrected chi connectivity index (χ4v) is 3.49. The van der Waals surface area contributed by atoms with Crippen molar-refractivity contribution in [1.29, 1.82) is 0 Å². The van der Waals surface area contributed by atoms with Crippen LogP contribution in [-0.4, -0.2) is 25.2 Å². The number of hydrogen-bond acceptors (Lipinski definition) is 3. The molecule has 15 heavy (non-hydrogen) atoms. The smallest absolute Gasteiger partial charge is 0.268 e. The van der Waals surface area contributed by atoms with Gasteiger partial charge in [-0.15, -0.1) is 0 Å². The van der Waals surface area contributed by atoms with Gasteiger partial charge in [-0.2, -0.15) is 0 Å². The standard InChI is InChI=1S/C9H8BrNO3S/c1-2-11-9(12)7-5-6(10)3-4-8(7)15(11,13)14/h3-5H,2H2,1H3. The van der Waals surface area contributed by atoms with Gasteiger partial charge in [-0.1, -0.05) is 15.9 Å². The molecule has 80 valence electrons. The second-order valence-electron chi connectivity index (χ2n) is 3.12. The summed E-state index contributed by atoms with van der Waals surface area (Å²) in [7, 11) is -3.60. The van der Waals surface area contributed by atoms with Gasteiger partial charge in [0.1, 0.15) is 4.90 Å². The molecule has 2 rings (SSSR count). The fourth-order valence-electron chi connectivity index (χ4n) is 1.57. The van der Waals surface area contributed by atoms with Crippen molar-refractivity contribution in [3.8, 4) is 0 Å². The predicted octanol–water partition coefficient (Wildman–Crippen LogP) is 1.61. The largest absolute Gasteiger partial charge is 0.269 e. The molecule has 0 saturated carbocycles. The Morgan fingerprint density at radius 2 is 2.07 bits per heavy atom. The lowest BCUT2D eigenvalue weighted by Gasteiger charge is -2.10. The Kier molecular flexibility index (Phi) is 2.35. The summed E-state index contributed by atoms with van der Waals surface area (Å²) >= 11 is 3.21. The third kappa shape index (κ3) is 1.39. The maximum Gasteiger partial charge on any atom is 0.269 e. The molecule has 0 atom stereocenters. The van der Waals surface area contributed by atoms with Crippen LogP contribution in [0.5, 0.6) is 0 Å². The molecule has 1 aromatic rings. The van der Waals surface area contributed by atoms with Crippen LogP contribution in [0.4, 0.5) is 0 Å². The number of sulfonamides is 1. The van der Waals surface area contributed by atoms with Crippen molar-refractivity contribution >= 4 is 31.9 Å². The van der Waals surface area contributed by atoms with Crippen LogP contribution in [0.25, 0.3) is 0 Å². The van der Waals surface area contributed by atoms with Gasteiger partial charge in [0.2, 0.25) is 0 Å². The molecule has 0 radical (unpaired) electrons. The van der Waals surface area contributed by atoms with Gasteiger partial charge in [-0.05, 0) is 25.1 Å². The number of fused-ring (bicyclic) bond motifs is 1. The van der Waals surface area contributed by atoms with Gasteiger partial charge in [-0.25, -0.2) is 12.7 Å². The Morgan fingerprint density at radius 1 is 1.40 bits per heavy atom. The molecule has 1 heterocycles. The minimum atomic E-state index is -3.60. The molecule has 0 spiro atoms. The van der Waals surface area contributed by atoms with Crippen LogP contribution >= 0.6 is 15.9 Å². The number of benzene rings is 1. The number of amides is 1. The maximum absolute atomic E-state index is 11.8. The van der Waals surface area contributed by atoms with Crippen molar-refractivity contribution in [1.82, 2.24) is 4.31 Å². The quantitative estimate of drug-likeness (QED) is 0.789. The fraction of sp³-hybridized carbons (Fsp3) is 0.222. The summed E-state index contributed by atoms with van der Waals surface area (Å²) < 4.78 is 25.2. The molecule has 0 fully saturated rings. The molecular formula is C9H8BrNO3S. The van der Waals surface area contributed by atoms with E-state index in [4.69, 9.17) is 0 Å². The van der Waals surface area contributed by atoms with E-state index in [0.717, 1.165) is 4.31 Å². The van der Waals surface area contributed by atoms with Gasteiger partial charge in [0.05, 0.1) is 5.56 Å². The number of halogens is 1. The summed E-state index contributed by atoms with van der Waals surface area (Å²) in [4.78, 5) is 11.8. The lowest BCUT2D eigenvalue weighted by molar-refractivity contribution is 0.0876. The summed E-state index contributed by atoms with van der Waals surface area (Å²) in [6.07, 6.45) is 0. The predicted molar refractivity (Wildman–Crippen MR) is 58.0 cm³/mol. The summed E-state index contributed by atoms with van der Waals surface area (Å²) in [5.74, 6) is -0.450. The van der Waals surface area contributed by atoms with Crippen LogP contribution in [0.1, 0.15) is 17.3 Å². The third-order valence-electron chi connectivity index (χ3n) is 2.25. The Hall–Kier alpha value is -0.880. The van der Waals surface area contributed by atoms with E-state index in [1.54, 1.807) is 13.0 Å². The monoisotopic (exact) mass is 289 g/mol. The number of hydrogen-bond donors (Lipinski definition) is 0. The highest BCUT2D eigenvalue weighted by Gasteiger charge is 2.39. The van der Waals surface area contributed by atoms with E-state index in [9.17, 15) is 13.2 Å². The second-order valence-corrected chi connectivity index (χ2v) is 5.86. The highest BCUT2D eigenvalue weighted by molar-refractivity contribution is 9.10. The van der Waals surface area contributed by atoms with E-state index in [1.807, 2.05) is 0 Å². The first kappa shape index (κ1) is 10.6. The molecule has 4 nitrogen and oxygen atoms in total. The topological polar surface area (TPSA) is 54.5 Å². The van der Waals surface area contributed by atoms with Crippen molar-refractivity contribution in [2.45, 2.75) is 11.8 Å². The molecule has 0 aromatic heterocycles. The van der Waals surface area contributed by atoms with Crippen LogP contribution in [0.15, 0.2) is 27.6 Å². The van der Waals surface area contributed by atoms with Gasteiger partial charge in [0.25, 0.3) is 15.9 Å². The van der Waals surface area contributed by atoms with Gasteiger partial charge >= 0.3 is 0 Å². The average molecular weight is 290 g/mol. The van der Waals surface area contributed by atoms with E-state index in [1.165, 1.54) is 12.1 Å². The minimum absolute atomic E-state index is 0.0950. The third-order valence-corrected chi connectivity index (χ3v) is 4.66. The summed E-state index contributed by atoms with van der Waals surface area (Å²) in [6, 6.07) is 4.59. The van der Waals surface area contributed by atoms with E-state index >= 15 is 0 Å². The van der Waals surface area contributed by atoms with Crippen molar-refractivity contribution in [2.24, 2.45) is 0 Å². The highest BCUT2D eigenvalue weighted by atomic mass is 79.9. The minimum Gasteiger partial charge on any atom is -0.268 e. The second kappa shape index (κ2) is 3.31. The Labute approximate surface area is 96.1 Å². The van der Waals surface area contributed by atoms with Gasteiger partial charge in [0.15, 0.2) is 0 Å². The molecule has 0 saturated heterocycles. The molecule has 1 aromatic carbocycles. The summed E-state index contributed by atoms with van der Waals surface area (Å²) in [5, 5.41) is 0. The molecular weight excluding hydrogens is 282 g/mol. The van der Waals surface area contributed by atoms with Crippen LogP contribution < -0.4 is 0 Å². The van der Waals surface area contributed by atoms with Crippen LogP contribution in [0.3, 0.4) is 0 Å². The molecule has 6 heteroatoms. The van der Waals surface area contributed by atoms with Crippen molar-refractivity contribution in [2.75, 3.05) is 6.54 Å². The zero-order valence-corrected chi connectivity index (χ0v) is 10.3. The number of carbonyl (C=O) groups is 1. The SMILES string of the molecule is CCN1C(=O)c2cc(Br)ccc2S1(=O)=O. The molecule has 1 aliphatic heterocycles. The zero-order chi connectivity index (χ0) is 11.2. The van der Waals surface area contributed by atoms with E-state index in [0.29, 0.717) is 4.47 Å². The maximum atomic E-state index is 11.8. The summed E-state index contributed by atoms with van der Waals surface area (Å²) in [6.45, 7) is 1.80. The first-order chi connectivity index (χ1) is 6.98. The van der Waals surface area contributed by atoms with Crippen LogP contribution in [-0.2, 0) is 10.0 Å². The van der Waals surface area contributed by atoms with Gasteiger partial charge < -0.3 is 0 Å². The number of rotatable bonds is 1. The van der Waals surface area contributed by atoms with E-state index in [-0.39, 0.29) is 17.0 Å². The van der Waals surface area contributed by atoms with Crippen LogP contribution in [0.2, 0.25) is 0 Å². The number of carbonyl (C=O) groups excluding carboxylic acids is 1. The molecule has 0 bridgehead atoms. The Bertz CT molecular complexity index is 538. The van der Waals surface area contributed by atoms with Gasteiger partial charge in [0, 0.05) is 11.0 Å². The van der Waals surface area contributed by atoms with E-state index in [2.05, 4.69) is 15.9 Å². The number of nitrogens with zero attached hydrogens (tertiary/aromatic N) is 1. The molecule has 1 aliphatic rings. The first-order valence-corrected chi connectivity index (χ1v) is 6.58. The first-order valence-electron chi connectivity index (χ1n) is 4.35. The highest BCUT2D eigenvalue weighted by Crippen LogP contribution is 2.31. The van der Waals surface area contributed by atoms with Crippen LogP contribution in [0, 0.1) is 0 Å². The van der Waals surface area contributed by atoms with Crippen molar-refractivity contribution in [3.63, 3.8) is 0 Å². The normalized spacial score (nSPS) is 18.0. The average Bonchev–Trinajstić information content (AvgIpc) is 2.34. The molecule has 0 N–H and O–H groups in total. The molecule has 1 amide bonds. The van der Waals surface area contributed by atoms with E-state index < -0.39 is 15.9 Å². The van der Waals surface area contributed by atoms with Crippen molar-refractivity contribution in [3.05, 3.63) is 28.2 Å². The Morgan fingerprint density at radius 3 is 2.67 bits per heavy atom. The molecule has 0 aliphatic carbocycles. The lowest BCUT2D eigenvalue weighted by Crippen LogP contribution is -2.29. The lowest BCUT2D eigenvalue weighted by atomic mass is 10.2.